The predicted molar refractivity (Wildman–Crippen MR) is 174 cm³/mol. The Kier molecular flexibility index (Phi) is 11.6. The number of amides is 2. The first kappa shape index (κ1) is 35.0. The number of aryl methyl sites for hydroxylation is 1. The first-order chi connectivity index (χ1) is 20.6. The molecule has 0 heterocycles. The van der Waals surface area contributed by atoms with Crippen LogP contribution in [0.3, 0.4) is 0 Å². The summed E-state index contributed by atoms with van der Waals surface area (Å²) in [6, 6.07) is 15.0. The van der Waals surface area contributed by atoms with Gasteiger partial charge in [0.05, 0.1) is 34.8 Å². The number of benzene rings is 3. The zero-order chi connectivity index (χ0) is 32.8. The zero-order valence-electron chi connectivity index (χ0n) is 26.0. The number of carbonyl (C=O) groups is 2. The summed E-state index contributed by atoms with van der Waals surface area (Å²) in [7, 11) is -1.45. The molecule has 0 aliphatic heterocycles. The fraction of sp³-hybridized carbons (Fsp3) is 0.375. The molecule has 2 amide bonds. The molecule has 1 N–H and O–H groups in total. The van der Waals surface area contributed by atoms with E-state index < -0.39 is 34.1 Å². The van der Waals surface area contributed by atoms with Gasteiger partial charge in [-0.1, -0.05) is 53.9 Å². The molecule has 0 aliphatic rings. The van der Waals surface area contributed by atoms with Gasteiger partial charge in [0.25, 0.3) is 10.0 Å². The first-order valence-electron chi connectivity index (χ1n) is 14.0. The molecule has 0 aromatic heterocycles. The van der Waals surface area contributed by atoms with Gasteiger partial charge in [0.2, 0.25) is 11.8 Å². The van der Waals surface area contributed by atoms with E-state index in [-0.39, 0.29) is 40.2 Å². The molecule has 0 radical (unpaired) electrons. The van der Waals surface area contributed by atoms with Gasteiger partial charge in [-0.15, -0.1) is 0 Å². The minimum absolute atomic E-state index is 0.0191. The zero-order valence-corrected chi connectivity index (χ0v) is 28.3. The molecular weight excluding hydrogens is 625 g/mol. The molecule has 0 spiro atoms. The Morgan fingerprint density at radius 2 is 1.59 bits per heavy atom. The van der Waals surface area contributed by atoms with Crippen molar-refractivity contribution in [2.45, 2.75) is 64.1 Å². The summed E-state index contributed by atoms with van der Waals surface area (Å²) in [5.41, 5.74) is 1.01. The van der Waals surface area contributed by atoms with E-state index in [0.29, 0.717) is 16.3 Å². The second-order valence-electron chi connectivity index (χ2n) is 11.3. The SMILES string of the molecule is CC[C@@H](C(=O)NC(C)(C)C)N(Cc1ccc(Cl)c(Cl)c1)C(=O)CN(c1cc(OC)ccc1OC)S(=O)(=O)c1ccc(C)cc1. The molecular formula is C32H39Cl2N3O6S. The molecule has 0 bridgehead atoms. The van der Waals surface area contributed by atoms with Gasteiger partial charge in [-0.3, -0.25) is 13.9 Å². The minimum Gasteiger partial charge on any atom is -0.497 e. The highest BCUT2D eigenvalue weighted by atomic mass is 35.5. The molecule has 3 aromatic rings. The van der Waals surface area contributed by atoms with E-state index in [2.05, 4.69) is 5.32 Å². The van der Waals surface area contributed by atoms with Gasteiger partial charge in [0.1, 0.15) is 24.1 Å². The quantitative estimate of drug-likeness (QED) is 0.246. The molecule has 0 fully saturated rings. The Labute approximate surface area is 270 Å². The van der Waals surface area contributed by atoms with E-state index in [1.807, 2.05) is 27.7 Å². The average molecular weight is 665 g/mol. The van der Waals surface area contributed by atoms with Crippen LogP contribution < -0.4 is 19.1 Å². The van der Waals surface area contributed by atoms with Crippen LogP contribution in [0, 0.1) is 6.92 Å². The Morgan fingerprint density at radius 1 is 0.932 bits per heavy atom. The van der Waals surface area contributed by atoms with Crippen molar-refractivity contribution in [2.24, 2.45) is 0 Å². The Morgan fingerprint density at radius 3 is 2.14 bits per heavy atom. The molecule has 238 valence electrons. The second-order valence-corrected chi connectivity index (χ2v) is 14.0. The molecule has 0 saturated heterocycles. The Bertz CT molecular complexity index is 1590. The predicted octanol–water partition coefficient (Wildman–Crippen LogP) is 6.24. The third kappa shape index (κ3) is 8.58. The minimum atomic E-state index is -4.31. The number of nitrogens with zero attached hydrogens (tertiary/aromatic N) is 2. The second kappa shape index (κ2) is 14.5. The Balaban J connectivity index is 2.18. The average Bonchev–Trinajstić information content (AvgIpc) is 2.96. The van der Waals surface area contributed by atoms with Crippen molar-refractivity contribution in [1.29, 1.82) is 0 Å². The van der Waals surface area contributed by atoms with Crippen LogP contribution in [0.15, 0.2) is 65.6 Å². The molecule has 0 unspecified atom stereocenters. The lowest BCUT2D eigenvalue weighted by Crippen LogP contribution is -2.55. The van der Waals surface area contributed by atoms with Crippen molar-refractivity contribution in [1.82, 2.24) is 10.2 Å². The van der Waals surface area contributed by atoms with Crippen LogP contribution in [-0.4, -0.2) is 57.5 Å². The number of methoxy groups -OCH3 is 2. The maximum Gasteiger partial charge on any atom is 0.264 e. The van der Waals surface area contributed by atoms with Crippen molar-refractivity contribution in [3.05, 3.63) is 81.8 Å². The van der Waals surface area contributed by atoms with Gasteiger partial charge in [-0.25, -0.2) is 8.42 Å². The smallest absolute Gasteiger partial charge is 0.264 e. The van der Waals surface area contributed by atoms with Gasteiger partial charge in [-0.05, 0) is 76.1 Å². The van der Waals surface area contributed by atoms with Crippen molar-refractivity contribution in [3.63, 3.8) is 0 Å². The van der Waals surface area contributed by atoms with Crippen LogP contribution in [0.5, 0.6) is 11.5 Å². The highest BCUT2D eigenvalue weighted by molar-refractivity contribution is 7.92. The van der Waals surface area contributed by atoms with Crippen molar-refractivity contribution in [2.75, 3.05) is 25.1 Å². The number of anilines is 1. The third-order valence-corrected chi connectivity index (χ3v) is 9.28. The monoisotopic (exact) mass is 663 g/mol. The van der Waals surface area contributed by atoms with Gasteiger partial charge < -0.3 is 19.7 Å². The summed E-state index contributed by atoms with van der Waals surface area (Å²) in [5, 5.41) is 3.57. The number of ether oxygens (including phenoxy) is 2. The lowest BCUT2D eigenvalue weighted by atomic mass is 10.1. The van der Waals surface area contributed by atoms with E-state index >= 15 is 0 Å². The van der Waals surface area contributed by atoms with Crippen LogP contribution in [0.25, 0.3) is 0 Å². The topological polar surface area (TPSA) is 105 Å². The maximum atomic E-state index is 14.3. The van der Waals surface area contributed by atoms with E-state index in [1.165, 1.54) is 37.3 Å². The summed E-state index contributed by atoms with van der Waals surface area (Å²) < 4.78 is 40.3. The van der Waals surface area contributed by atoms with Gasteiger partial charge in [0, 0.05) is 18.2 Å². The highest BCUT2D eigenvalue weighted by Gasteiger charge is 2.35. The lowest BCUT2D eigenvalue weighted by molar-refractivity contribution is -0.141. The molecule has 12 heteroatoms. The molecule has 1 atom stereocenters. The molecule has 3 aromatic carbocycles. The molecule has 9 nitrogen and oxygen atoms in total. The van der Waals surface area contributed by atoms with Crippen LogP contribution in [0.1, 0.15) is 45.2 Å². The lowest BCUT2D eigenvalue weighted by Gasteiger charge is -2.35. The number of nitrogens with one attached hydrogen (secondary N) is 1. The number of hydrogen-bond donors (Lipinski definition) is 1. The van der Waals surface area contributed by atoms with Crippen molar-refractivity contribution in [3.8, 4) is 11.5 Å². The van der Waals surface area contributed by atoms with Crippen LogP contribution in [-0.2, 0) is 26.2 Å². The van der Waals surface area contributed by atoms with Crippen LogP contribution in [0.4, 0.5) is 5.69 Å². The molecule has 3 rings (SSSR count). The first-order valence-corrected chi connectivity index (χ1v) is 16.2. The molecule has 44 heavy (non-hydrogen) atoms. The van der Waals surface area contributed by atoms with Gasteiger partial charge >= 0.3 is 0 Å². The van der Waals surface area contributed by atoms with Gasteiger partial charge in [-0.2, -0.15) is 0 Å². The van der Waals surface area contributed by atoms with E-state index in [4.69, 9.17) is 32.7 Å². The number of hydrogen-bond acceptors (Lipinski definition) is 6. The maximum absolute atomic E-state index is 14.3. The summed E-state index contributed by atoms with van der Waals surface area (Å²) in [6.45, 7) is 8.49. The van der Waals surface area contributed by atoms with E-state index in [9.17, 15) is 18.0 Å². The van der Waals surface area contributed by atoms with Crippen LogP contribution >= 0.6 is 23.2 Å². The fourth-order valence-electron chi connectivity index (χ4n) is 4.55. The van der Waals surface area contributed by atoms with Gasteiger partial charge in [0.15, 0.2) is 0 Å². The number of halogens is 2. The third-order valence-electron chi connectivity index (χ3n) is 6.76. The van der Waals surface area contributed by atoms with E-state index in [0.717, 1.165) is 9.87 Å². The largest absolute Gasteiger partial charge is 0.497 e. The number of carbonyl (C=O) groups excluding carboxylic acids is 2. The fourth-order valence-corrected chi connectivity index (χ4v) is 6.29. The summed E-state index contributed by atoms with van der Waals surface area (Å²) >= 11 is 12.4. The molecule has 0 aliphatic carbocycles. The summed E-state index contributed by atoms with van der Waals surface area (Å²) in [4.78, 5) is 29.2. The molecule has 0 saturated carbocycles. The van der Waals surface area contributed by atoms with Crippen LogP contribution in [0.2, 0.25) is 10.0 Å². The number of sulfonamides is 1. The standard InChI is InChI=1S/C32H39Cl2N3O6S/c1-8-27(31(39)35-32(3,4)5)36(19-22-11-15-25(33)26(34)17-22)30(38)20-37(28-18-23(42-6)12-16-29(28)43-7)44(40,41)24-13-9-21(2)10-14-24/h9-18,27H,8,19-20H2,1-7H3,(H,35,39)/t27-/m0/s1. The number of rotatable bonds is 12. The highest BCUT2D eigenvalue weighted by Crippen LogP contribution is 2.36. The van der Waals surface area contributed by atoms with E-state index in [1.54, 1.807) is 49.4 Å². The summed E-state index contributed by atoms with van der Waals surface area (Å²) in [6.07, 6.45) is 0.266. The Hall–Kier alpha value is -3.47. The van der Waals surface area contributed by atoms with Crippen molar-refractivity contribution >= 4 is 50.7 Å². The summed E-state index contributed by atoms with van der Waals surface area (Å²) in [5.74, 6) is -0.420. The van der Waals surface area contributed by atoms with Crippen molar-refractivity contribution < 1.29 is 27.5 Å². The normalized spacial score (nSPS) is 12.3.